The number of aromatic hydroxyl groups is 1. The molecule has 7 nitrogen and oxygen atoms in total. The number of rotatable bonds is 5. The molecule has 7 heteroatoms. The predicted molar refractivity (Wildman–Crippen MR) is 96.5 cm³/mol. The van der Waals surface area contributed by atoms with Gasteiger partial charge < -0.3 is 35.0 Å². The van der Waals surface area contributed by atoms with Crippen LogP contribution in [0.1, 0.15) is 16.7 Å². The summed E-state index contributed by atoms with van der Waals surface area (Å²) in [7, 11) is 0. The highest BCUT2D eigenvalue weighted by Gasteiger charge is 2.44. The molecule has 0 aliphatic carbocycles. The molecule has 2 aromatic rings. The topological polar surface area (TPSA) is 120 Å². The second-order valence-corrected chi connectivity index (χ2v) is 6.72. The van der Waals surface area contributed by atoms with Crippen LogP contribution in [0.2, 0.25) is 0 Å². The van der Waals surface area contributed by atoms with Crippen LogP contribution in [0, 0.1) is 6.92 Å². The zero-order chi connectivity index (χ0) is 19.6. The van der Waals surface area contributed by atoms with Crippen LogP contribution in [0.5, 0.6) is 11.5 Å². The number of phenolic OH excluding ortho intramolecular Hbond substituents is 1. The van der Waals surface area contributed by atoms with Crippen molar-refractivity contribution in [3.8, 4) is 11.5 Å². The average molecular weight is 376 g/mol. The van der Waals surface area contributed by atoms with Gasteiger partial charge in [-0.25, -0.2) is 0 Å². The summed E-state index contributed by atoms with van der Waals surface area (Å²) in [6.45, 7) is 1.33. The molecule has 0 radical (unpaired) electrons. The van der Waals surface area contributed by atoms with Crippen LogP contribution in [-0.4, -0.2) is 62.8 Å². The number of hydrogen-bond acceptors (Lipinski definition) is 7. The average Bonchev–Trinajstić information content (AvgIpc) is 2.66. The van der Waals surface area contributed by atoms with Crippen molar-refractivity contribution in [1.29, 1.82) is 0 Å². The van der Waals surface area contributed by atoms with Gasteiger partial charge in [0.15, 0.2) is 0 Å². The fraction of sp³-hybridized carbons (Fsp3) is 0.400. The van der Waals surface area contributed by atoms with E-state index in [2.05, 4.69) is 0 Å². The first kappa shape index (κ1) is 19.6. The fourth-order valence-electron chi connectivity index (χ4n) is 3.14. The largest absolute Gasteiger partial charge is 0.508 e. The van der Waals surface area contributed by atoms with Crippen LogP contribution in [-0.2, 0) is 11.2 Å². The van der Waals surface area contributed by atoms with Gasteiger partial charge in [-0.05, 0) is 35.7 Å². The van der Waals surface area contributed by atoms with Crippen molar-refractivity contribution in [2.45, 2.75) is 44.1 Å². The molecular weight excluding hydrogens is 352 g/mol. The van der Waals surface area contributed by atoms with Gasteiger partial charge in [-0.1, -0.05) is 30.3 Å². The summed E-state index contributed by atoms with van der Waals surface area (Å²) >= 11 is 0. The van der Waals surface area contributed by atoms with E-state index in [1.54, 1.807) is 24.3 Å². The van der Waals surface area contributed by atoms with E-state index in [1.807, 2.05) is 25.1 Å². The van der Waals surface area contributed by atoms with Crippen LogP contribution in [0.4, 0.5) is 0 Å². The lowest BCUT2D eigenvalue weighted by Crippen LogP contribution is -2.60. The third-order valence-corrected chi connectivity index (χ3v) is 4.71. The van der Waals surface area contributed by atoms with Crippen molar-refractivity contribution in [3.63, 3.8) is 0 Å². The molecule has 146 valence electrons. The highest BCUT2D eigenvalue weighted by Crippen LogP contribution is 2.30. The molecule has 1 fully saturated rings. The van der Waals surface area contributed by atoms with Crippen molar-refractivity contribution < 1.29 is 35.0 Å². The summed E-state index contributed by atoms with van der Waals surface area (Å²) < 4.78 is 11.3. The monoisotopic (exact) mass is 376 g/mol. The Morgan fingerprint density at radius 1 is 0.963 bits per heavy atom. The minimum atomic E-state index is -1.49. The second-order valence-electron chi connectivity index (χ2n) is 6.72. The number of aliphatic hydroxyl groups is 4. The van der Waals surface area contributed by atoms with Crippen LogP contribution < -0.4 is 4.74 Å². The van der Waals surface area contributed by atoms with Gasteiger partial charge in [-0.2, -0.15) is 0 Å². The maximum Gasteiger partial charge on any atom is 0.229 e. The Morgan fingerprint density at radius 3 is 2.33 bits per heavy atom. The van der Waals surface area contributed by atoms with E-state index in [0.717, 1.165) is 16.7 Å². The van der Waals surface area contributed by atoms with E-state index in [9.17, 15) is 25.5 Å². The molecule has 3 rings (SSSR count). The molecule has 1 saturated heterocycles. The van der Waals surface area contributed by atoms with Gasteiger partial charge in [0.05, 0.1) is 6.61 Å². The highest BCUT2D eigenvalue weighted by molar-refractivity contribution is 5.44. The number of ether oxygens (including phenoxy) is 2. The van der Waals surface area contributed by atoms with Crippen LogP contribution >= 0.6 is 0 Å². The third kappa shape index (κ3) is 4.23. The lowest BCUT2D eigenvalue weighted by Gasteiger charge is -2.40. The number of aryl methyl sites for hydroxylation is 1. The summed E-state index contributed by atoms with van der Waals surface area (Å²) in [4.78, 5) is 0. The first-order chi connectivity index (χ1) is 12.9. The Balaban J connectivity index is 1.84. The summed E-state index contributed by atoms with van der Waals surface area (Å²) in [5, 5.41) is 48.8. The zero-order valence-corrected chi connectivity index (χ0v) is 14.9. The normalized spacial score (nSPS) is 28.1. The Kier molecular flexibility index (Phi) is 5.98. The molecular formula is C20H24O7. The number of para-hydroxylation sites is 1. The molecule has 0 spiro atoms. The van der Waals surface area contributed by atoms with E-state index in [1.165, 1.54) is 0 Å². The highest BCUT2D eigenvalue weighted by atomic mass is 16.7. The molecule has 0 bridgehead atoms. The van der Waals surface area contributed by atoms with Crippen LogP contribution in [0.3, 0.4) is 0 Å². The van der Waals surface area contributed by atoms with Crippen molar-refractivity contribution in [1.82, 2.24) is 0 Å². The van der Waals surface area contributed by atoms with Crippen molar-refractivity contribution >= 4 is 0 Å². The molecule has 1 aliphatic heterocycles. The van der Waals surface area contributed by atoms with Crippen LogP contribution in [0.15, 0.2) is 42.5 Å². The molecule has 0 amide bonds. The third-order valence-electron chi connectivity index (χ3n) is 4.71. The molecule has 2 aromatic carbocycles. The van der Waals surface area contributed by atoms with E-state index in [0.29, 0.717) is 12.2 Å². The Labute approximate surface area is 157 Å². The van der Waals surface area contributed by atoms with Gasteiger partial charge >= 0.3 is 0 Å². The van der Waals surface area contributed by atoms with Crippen molar-refractivity contribution in [2.75, 3.05) is 6.61 Å². The Morgan fingerprint density at radius 2 is 1.67 bits per heavy atom. The Bertz CT molecular complexity index is 759. The van der Waals surface area contributed by atoms with E-state index in [-0.39, 0.29) is 5.75 Å². The fourth-order valence-corrected chi connectivity index (χ4v) is 3.14. The number of benzene rings is 2. The molecule has 27 heavy (non-hydrogen) atoms. The molecule has 0 unspecified atom stereocenters. The minimum absolute atomic E-state index is 0.181. The van der Waals surface area contributed by atoms with Gasteiger partial charge in [-0.15, -0.1) is 0 Å². The van der Waals surface area contributed by atoms with Crippen molar-refractivity contribution in [3.05, 3.63) is 59.2 Å². The number of hydrogen-bond donors (Lipinski definition) is 5. The maximum atomic E-state index is 10.2. The second kappa shape index (κ2) is 8.24. The first-order valence-corrected chi connectivity index (χ1v) is 8.74. The lowest BCUT2D eigenvalue weighted by molar-refractivity contribution is -0.277. The summed E-state index contributed by atoms with van der Waals surface area (Å²) in [6, 6.07) is 12.4. The quantitative estimate of drug-likeness (QED) is 0.515. The number of aliphatic hydroxyl groups excluding tert-OH is 4. The molecule has 1 aliphatic rings. The van der Waals surface area contributed by atoms with E-state index < -0.39 is 37.3 Å². The first-order valence-electron chi connectivity index (χ1n) is 8.74. The van der Waals surface area contributed by atoms with Crippen molar-refractivity contribution in [2.24, 2.45) is 0 Å². The van der Waals surface area contributed by atoms with Gasteiger partial charge in [0.25, 0.3) is 0 Å². The predicted octanol–water partition coefficient (Wildman–Crippen LogP) is 0.470. The lowest BCUT2D eigenvalue weighted by atomic mass is 9.99. The van der Waals surface area contributed by atoms with E-state index >= 15 is 0 Å². The maximum absolute atomic E-state index is 10.2. The summed E-state index contributed by atoms with van der Waals surface area (Å²) in [5.41, 5.74) is 2.60. The van der Waals surface area contributed by atoms with Gasteiger partial charge in [-0.3, -0.25) is 0 Å². The minimum Gasteiger partial charge on any atom is -0.508 e. The molecule has 1 heterocycles. The number of phenols is 1. The van der Waals surface area contributed by atoms with Gasteiger partial charge in [0, 0.05) is 6.42 Å². The SMILES string of the molecule is Cc1cccc(Cc2ccc(O)cc2)c1O[C@@H]1O[C@H](CO)[C@@H](O)[C@H](O)[C@H]1O. The molecule has 5 N–H and O–H groups in total. The smallest absolute Gasteiger partial charge is 0.229 e. The molecule has 0 saturated carbocycles. The Hall–Kier alpha value is -2.16. The zero-order valence-electron chi connectivity index (χ0n) is 14.9. The summed E-state index contributed by atoms with van der Waals surface area (Å²) in [5.74, 6) is 0.677. The molecule has 5 atom stereocenters. The molecule has 0 aromatic heterocycles. The summed E-state index contributed by atoms with van der Waals surface area (Å²) in [6.07, 6.45) is -6.14. The van der Waals surface area contributed by atoms with E-state index in [4.69, 9.17) is 9.47 Å². The van der Waals surface area contributed by atoms with Gasteiger partial charge in [0.1, 0.15) is 35.9 Å². The van der Waals surface area contributed by atoms with Gasteiger partial charge in [0.2, 0.25) is 6.29 Å². The van der Waals surface area contributed by atoms with Crippen LogP contribution in [0.25, 0.3) is 0 Å². The standard InChI is InChI=1S/C20H24O7/c1-11-3-2-4-13(9-12-5-7-14(22)8-6-12)19(11)27-20-18(25)17(24)16(23)15(10-21)26-20/h2-8,15-18,20-25H,9-10H2,1H3/t15-,16-,17+,18-,20+/m1/s1.